The monoisotopic (exact) mass is 455 g/mol. The van der Waals surface area contributed by atoms with E-state index in [0.29, 0.717) is 22.3 Å². The number of fused-ring (bicyclic) bond motifs is 1. The molecule has 0 aliphatic heterocycles. The van der Waals surface area contributed by atoms with E-state index in [1.54, 1.807) is 48.8 Å². The average molecular weight is 455 g/mol. The maximum absolute atomic E-state index is 13.1. The van der Waals surface area contributed by atoms with Crippen molar-refractivity contribution < 1.29 is 13.7 Å². The summed E-state index contributed by atoms with van der Waals surface area (Å²) in [7, 11) is 0. The number of nitrogens with zero attached hydrogens (tertiary/aromatic N) is 4. The van der Waals surface area contributed by atoms with E-state index in [1.807, 2.05) is 12.1 Å². The summed E-state index contributed by atoms with van der Waals surface area (Å²) < 4.78 is 19.9. The molecule has 1 amide bonds. The molecule has 2 aromatic carbocycles. The van der Waals surface area contributed by atoms with Gasteiger partial charge in [-0.25, -0.2) is 4.39 Å². The van der Waals surface area contributed by atoms with Crippen LogP contribution in [0, 0.1) is 5.82 Å². The largest absolute Gasteiger partial charge is 0.350 e. The van der Waals surface area contributed by atoms with E-state index in [9.17, 15) is 14.0 Å². The predicted molar refractivity (Wildman–Crippen MR) is 123 cm³/mol. The zero-order chi connectivity index (χ0) is 23.5. The Balaban J connectivity index is 1.44. The number of benzene rings is 2. The summed E-state index contributed by atoms with van der Waals surface area (Å²) in [6.45, 7) is 0.0522. The van der Waals surface area contributed by atoms with Crippen molar-refractivity contribution in [3.8, 4) is 22.8 Å². The summed E-state index contributed by atoms with van der Waals surface area (Å²) in [6.07, 6.45) is 3.26. The number of pyridine rings is 2. The van der Waals surface area contributed by atoms with E-state index in [1.165, 1.54) is 22.8 Å². The van der Waals surface area contributed by atoms with Crippen molar-refractivity contribution in [2.24, 2.45) is 0 Å². The molecule has 168 valence electrons. The molecule has 0 atom stereocenters. The molecule has 0 fully saturated rings. The number of carbonyl (C=O) groups is 1. The first-order chi connectivity index (χ1) is 16.6. The van der Waals surface area contributed by atoms with Gasteiger partial charge in [0, 0.05) is 36.0 Å². The first-order valence-electron chi connectivity index (χ1n) is 10.5. The second kappa shape index (κ2) is 9.07. The fourth-order valence-electron chi connectivity index (χ4n) is 3.63. The summed E-state index contributed by atoms with van der Waals surface area (Å²) in [6, 6.07) is 18.0. The van der Waals surface area contributed by atoms with Gasteiger partial charge in [0.15, 0.2) is 0 Å². The van der Waals surface area contributed by atoms with Crippen LogP contribution in [0.25, 0.3) is 33.7 Å². The van der Waals surface area contributed by atoms with Crippen LogP contribution in [0.15, 0.2) is 88.4 Å². The average Bonchev–Trinajstić information content (AvgIpc) is 3.36. The first kappa shape index (κ1) is 21.2. The van der Waals surface area contributed by atoms with Crippen LogP contribution in [0.2, 0.25) is 0 Å². The Labute approximate surface area is 192 Å². The number of nitrogens with one attached hydrogen (secondary N) is 1. The molecule has 0 unspecified atom stereocenters. The topological polar surface area (TPSA) is 103 Å². The van der Waals surface area contributed by atoms with Gasteiger partial charge in [0.2, 0.25) is 11.7 Å². The number of rotatable bonds is 6. The molecule has 34 heavy (non-hydrogen) atoms. The Morgan fingerprint density at radius 1 is 1.03 bits per heavy atom. The molecule has 1 N–H and O–H groups in total. The lowest BCUT2D eigenvalue weighted by Crippen LogP contribution is -2.32. The van der Waals surface area contributed by atoms with Gasteiger partial charge < -0.3 is 9.84 Å². The third-order valence-corrected chi connectivity index (χ3v) is 5.32. The lowest BCUT2D eigenvalue weighted by Gasteiger charge is -2.12. The molecular formula is C25H18FN5O3. The highest BCUT2D eigenvalue weighted by atomic mass is 19.1. The molecule has 0 saturated heterocycles. The van der Waals surface area contributed by atoms with E-state index in [-0.39, 0.29) is 36.3 Å². The minimum absolute atomic E-state index is 0.174. The molecule has 0 saturated carbocycles. The van der Waals surface area contributed by atoms with Crippen molar-refractivity contribution in [1.82, 2.24) is 25.0 Å². The van der Waals surface area contributed by atoms with Crippen molar-refractivity contribution in [1.29, 1.82) is 0 Å². The Morgan fingerprint density at radius 3 is 2.59 bits per heavy atom. The van der Waals surface area contributed by atoms with Crippen molar-refractivity contribution in [2.75, 3.05) is 0 Å². The van der Waals surface area contributed by atoms with Crippen LogP contribution in [0.3, 0.4) is 0 Å². The van der Waals surface area contributed by atoms with Crippen molar-refractivity contribution in [2.45, 2.75) is 13.1 Å². The summed E-state index contributed by atoms with van der Waals surface area (Å²) in [5, 5.41) is 7.47. The Morgan fingerprint density at radius 2 is 1.79 bits per heavy atom. The van der Waals surface area contributed by atoms with E-state index in [2.05, 4.69) is 20.4 Å². The molecule has 0 aliphatic rings. The fraction of sp³-hybridized carbons (Fsp3) is 0.0800. The smallest absolute Gasteiger partial charge is 0.259 e. The lowest BCUT2D eigenvalue weighted by molar-refractivity contribution is -0.121. The molecule has 3 aromatic heterocycles. The lowest BCUT2D eigenvalue weighted by atomic mass is 10.1. The highest BCUT2D eigenvalue weighted by Gasteiger charge is 2.17. The van der Waals surface area contributed by atoms with Crippen molar-refractivity contribution in [3.63, 3.8) is 0 Å². The van der Waals surface area contributed by atoms with Gasteiger partial charge in [-0.05, 0) is 35.9 Å². The number of hydrogen-bond acceptors (Lipinski definition) is 6. The van der Waals surface area contributed by atoms with E-state index in [0.717, 1.165) is 11.1 Å². The van der Waals surface area contributed by atoms with Crippen LogP contribution in [-0.4, -0.2) is 25.6 Å². The van der Waals surface area contributed by atoms with Gasteiger partial charge in [0.1, 0.15) is 12.4 Å². The molecule has 5 rings (SSSR count). The summed E-state index contributed by atoms with van der Waals surface area (Å²) in [5.41, 5.74) is 2.15. The summed E-state index contributed by atoms with van der Waals surface area (Å²) >= 11 is 0. The Hall–Kier alpha value is -4.66. The number of amides is 1. The van der Waals surface area contributed by atoms with Crippen molar-refractivity contribution in [3.05, 3.63) is 101 Å². The summed E-state index contributed by atoms with van der Waals surface area (Å²) in [5.74, 6) is -0.108. The molecular weight excluding hydrogens is 437 g/mol. The van der Waals surface area contributed by atoms with Gasteiger partial charge in [-0.2, -0.15) is 4.98 Å². The highest BCUT2D eigenvalue weighted by molar-refractivity contribution is 5.93. The Kier molecular flexibility index (Phi) is 5.65. The molecule has 0 spiro atoms. The zero-order valence-corrected chi connectivity index (χ0v) is 17.8. The molecule has 8 nitrogen and oxygen atoms in total. The van der Waals surface area contributed by atoms with Gasteiger partial charge in [-0.1, -0.05) is 35.5 Å². The molecule has 0 bridgehead atoms. The van der Waals surface area contributed by atoms with Gasteiger partial charge in [0.05, 0.1) is 11.1 Å². The third-order valence-electron chi connectivity index (χ3n) is 5.32. The van der Waals surface area contributed by atoms with E-state index >= 15 is 0 Å². The number of carbonyl (C=O) groups excluding carboxylic acids is 1. The SMILES string of the molecule is O=C(Cn1c(=O)cc(-c2nc(-c3ccncc3)no2)c2ccccc21)NCc1ccc(F)cc1. The van der Waals surface area contributed by atoms with E-state index < -0.39 is 0 Å². The minimum Gasteiger partial charge on any atom is -0.350 e. The van der Waals surface area contributed by atoms with Gasteiger partial charge in [0.25, 0.3) is 11.4 Å². The second-order valence-electron chi connectivity index (χ2n) is 7.56. The van der Waals surface area contributed by atoms with Gasteiger partial charge in [-0.15, -0.1) is 0 Å². The molecule has 3 heterocycles. The first-order valence-corrected chi connectivity index (χ1v) is 10.5. The maximum atomic E-state index is 13.1. The van der Waals surface area contributed by atoms with Gasteiger partial charge in [-0.3, -0.25) is 19.1 Å². The standard InChI is InChI=1S/C25H18FN5O3/c26-18-7-5-16(6-8-18)14-28-22(32)15-31-21-4-2-1-3-19(21)20(13-23(31)33)25-29-24(30-34-25)17-9-11-27-12-10-17/h1-13H,14-15H2,(H,28,32). The zero-order valence-electron chi connectivity index (χ0n) is 17.8. The number of aromatic nitrogens is 4. The van der Waals surface area contributed by atoms with Crippen LogP contribution in [0.1, 0.15) is 5.56 Å². The van der Waals surface area contributed by atoms with Crippen LogP contribution < -0.4 is 10.9 Å². The highest BCUT2D eigenvalue weighted by Crippen LogP contribution is 2.27. The molecule has 5 aromatic rings. The predicted octanol–water partition coefficient (Wildman–Crippen LogP) is 3.57. The van der Waals surface area contributed by atoms with E-state index in [4.69, 9.17) is 4.52 Å². The van der Waals surface area contributed by atoms with Crippen molar-refractivity contribution >= 4 is 16.8 Å². The quantitative estimate of drug-likeness (QED) is 0.420. The van der Waals surface area contributed by atoms with Crippen LogP contribution in [-0.2, 0) is 17.9 Å². The maximum Gasteiger partial charge on any atom is 0.259 e. The third kappa shape index (κ3) is 4.31. The second-order valence-corrected chi connectivity index (χ2v) is 7.56. The number of hydrogen-bond donors (Lipinski definition) is 1. The molecule has 0 aliphatic carbocycles. The van der Waals surface area contributed by atoms with Crippen LogP contribution in [0.5, 0.6) is 0 Å². The van der Waals surface area contributed by atoms with Crippen LogP contribution in [0.4, 0.5) is 4.39 Å². The molecule has 9 heteroatoms. The van der Waals surface area contributed by atoms with Gasteiger partial charge >= 0.3 is 0 Å². The van der Waals surface area contributed by atoms with Crippen LogP contribution >= 0.6 is 0 Å². The molecule has 0 radical (unpaired) electrons. The normalized spacial score (nSPS) is 11.0. The number of halogens is 1. The number of para-hydroxylation sites is 1. The Bertz CT molecular complexity index is 1530. The fourth-order valence-corrected chi connectivity index (χ4v) is 3.63. The summed E-state index contributed by atoms with van der Waals surface area (Å²) in [4.78, 5) is 34.0. The minimum atomic E-state index is -0.380.